The quantitative estimate of drug-likeness (QED) is 0.535. The molecule has 0 aliphatic carbocycles. The van der Waals surface area contributed by atoms with Gasteiger partial charge in [0.2, 0.25) is 5.82 Å². The van der Waals surface area contributed by atoms with E-state index in [0.29, 0.717) is 5.82 Å². The lowest BCUT2D eigenvalue weighted by Gasteiger charge is -2.09. The summed E-state index contributed by atoms with van der Waals surface area (Å²) in [5.41, 5.74) is 5.16. The van der Waals surface area contributed by atoms with Crippen LogP contribution in [0.5, 0.6) is 0 Å². The molecule has 0 radical (unpaired) electrons. The van der Waals surface area contributed by atoms with Crippen LogP contribution in [-0.4, -0.2) is 40.0 Å². The first-order valence-corrected chi connectivity index (χ1v) is 8.59. The average molecular weight is 356 g/mol. The van der Waals surface area contributed by atoms with Crippen LogP contribution in [0.1, 0.15) is 11.4 Å². The van der Waals surface area contributed by atoms with Crippen molar-refractivity contribution < 1.29 is 0 Å². The number of H-pyrrole nitrogens is 1. The largest absolute Gasteiger partial charge is 0.266 e. The smallest absolute Gasteiger partial charge is 0.205 e. The Hall–Kier alpha value is -3.81. The van der Waals surface area contributed by atoms with Crippen LogP contribution in [0, 0.1) is 6.92 Å². The molecule has 0 saturated heterocycles. The van der Waals surface area contributed by atoms with Gasteiger partial charge in [-0.3, -0.25) is 4.68 Å². The molecule has 5 aromatic rings. The second-order valence-electron chi connectivity index (χ2n) is 6.30. The first-order chi connectivity index (χ1) is 13.3. The molecule has 3 heterocycles. The van der Waals surface area contributed by atoms with Crippen molar-refractivity contribution in [2.45, 2.75) is 13.5 Å². The maximum atomic E-state index is 4.42. The minimum absolute atomic E-state index is 0.589. The molecule has 1 N–H and O–H groups in total. The van der Waals surface area contributed by atoms with Crippen molar-refractivity contribution in [3.8, 4) is 22.5 Å². The fourth-order valence-electron chi connectivity index (χ4n) is 3.23. The number of nitrogens with zero attached hydrogens (tertiary/aromatic N) is 7. The molecule has 0 aliphatic rings. The van der Waals surface area contributed by atoms with Crippen LogP contribution in [0.15, 0.2) is 60.8 Å². The van der Waals surface area contributed by atoms with Crippen molar-refractivity contribution in [3.05, 3.63) is 72.2 Å². The topological polar surface area (TPSA) is 89.6 Å². The molecule has 0 atom stereocenters. The van der Waals surface area contributed by atoms with Crippen LogP contribution in [0.2, 0.25) is 0 Å². The highest BCUT2D eigenvalue weighted by molar-refractivity contribution is 5.80. The summed E-state index contributed by atoms with van der Waals surface area (Å²) in [7, 11) is 0. The van der Waals surface area contributed by atoms with Crippen molar-refractivity contribution >= 4 is 5.65 Å². The first kappa shape index (κ1) is 15.4. The number of fused-ring (bicyclic) bond motifs is 1. The third kappa shape index (κ3) is 2.77. The Balaban J connectivity index is 1.46. The molecular weight excluding hydrogens is 340 g/mol. The zero-order valence-corrected chi connectivity index (χ0v) is 14.6. The molecule has 0 spiro atoms. The third-order valence-electron chi connectivity index (χ3n) is 4.48. The lowest BCUT2D eigenvalue weighted by molar-refractivity contribution is 0.583. The molecule has 27 heavy (non-hydrogen) atoms. The van der Waals surface area contributed by atoms with Gasteiger partial charge < -0.3 is 0 Å². The van der Waals surface area contributed by atoms with E-state index in [2.05, 4.69) is 61.0 Å². The van der Waals surface area contributed by atoms with E-state index in [9.17, 15) is 0 Å². The van der Waals surface area contributed by atoms with E-state index in [1.54, 1.807) is 0 Å². The summed E-state index contributed by atoms with van der Waals surface area (Å²) in [5, 5.41) is 18.8. The monoisotopic (exact) mass is 356 g/mol. The second kappa shape index (κ2) is 6.17. The standard InChI is InChI=1S/C19H16N8/c1-13-20-18-10-11-26(27(18)23-13)12-14-6-8-15(9-7-14)16-4-2-3-5-17(16)19-21-24-25-22-19/h2-11H,12H2,1H3,(H,21,22,24,25). The van der Waals surface area contributed by atoms with Gasteiger partial charge in [-0.2, -0.15) is 9.84 Å². The van der Waals surface area contributed by atoms with E-state index in [1.807, 2.05) is 46.7 Å². The van der Waals surface area contributed by atoms with Crippen molar-refractivity contribution in [1.82, 2.24) is 40.0 Å². The number of aromatic amines is 1. The van der Waals surface area contributed by atoms with Crippen LogP contribution in [0.3, 0.4) is 0 Å². The minimum Gasteiger partial charge on any atom is -0.266 e. The Morgan fingerprint density at radius 2 is 1.78 bits per heavy atom. The molecule has 0 amide bonds. The molecule has 0 saturated carbocycles. The Bertz CT molecular complexity index is 1200. The van der Waals surface area contributed by atoms with Gasteiger partial charge in [-0.25, -0.2) is 4.98 Å². The minimum atomic E-state index is 0.589. The summed E-state index contributed by atoms with van der Waals surface area (Å²) >= 11 is 0. The Morgan fingerprint density at radius 1 is 0.963 bits per heavy atom. The van der Waals surface area contributed by atoms with Gasteiger partial charge in [-0.05, 0) is 28.8 Å². The van der Waals surface area contributed by atoms with E-state index in [-0.39, 0.29) is 0 Å². The fraction of sp³-hybridized carbons (Fsp3) is 0.105. The maximum absolute atomic E-state index is 4.42. The summed E-state index contributed by atoms with van der Waals surface area (Å²) in [5.74, 6) is 1.36. The van der Waals surface area contributed by atoms with Gasteiger partial charge in [0.15, 0.2) is 5.65 Å². The predicted molar refractivity (Wildman–Crippen MR) is 99.9 cm³/mol. The number of benzene rings is 2. The summed E-state index contributed by atoms with van der Waals surface area (Å²) in [6.45, 7) is 2.62. The zero-order chi connectivity index (χ0) is 18.2. The fourth-order valence-corrected chi connectivity index (χ4v) is 3.23. The van der Waals surface area contributed by atoms with Gasteiger partial charge in [0.25, 0.3) is 0 Å². The third-order valence-corrected chi connectivity index (χ3v) is 4.48. The van der Waals surface area contributed by atoms with Crippen molar-refractivity contribution in [1.29, 1.82) is 0 Å². The van der Waals surface area contributed by atoms with E-state index >= 15 is 0 Å². The van der Waals surface area contributed by atoms with E-state index in [4.69, 9.17) is 0 Å². The number of hydrogen-bond acceptors (Lipinski definition) is 5. The van der Waals surface area contributed by atoms with Gasteiger partial charge in [0.05, 0.1) is 6.54 Å². The molecule has 8 heteroatoms. The summed E-state index contributed by atoms with van der Waals surface area (Å²) in [6, 6.07) is 18.5. The van der Waals surface area contributed by atoms with Gasteiger partial charge in [-0.1, -0.05) is 48.5 Å². The van der Waals surface area contributed by atoms with E-state index in [0.717, 1.165) is 34.7 Å². The lowest BCUT2D eigenvalue weighted by Crippen LogP contribution is -2.07. The Labute approximate surface area is 154 Å². The summed E-state index contributed by atoms with van der Waals surface area (Å²) in [4.78, 5) is 4.37. The van der Waals surface area contributed by atoms with Gasteiger partial charge >= 0.3 is 0 Å². The number of hydrogen-bond donors (Lipinski definition) is 1. The molecule has 0 fully saturated rings. The molecule has 3 aromatic heterocycles. The molecule has 0 unspecified atom stereocenters. The molecule has 2 aromatic carbocycles. The highest BCUT2D eigenvalue weighted by atomic mass is 15.5. The highest BCUT2D eigenvalue weighted by Crippen LogP contribution is 2.29. The molecule has 5 rings (SSSR count). The van der Waals surface area contributed by atoms with Crippen LogP contribution in [0.25, 0.3) is 28.2 Å². The molecule has 0 bridgehead atoms. The van der Waals surface area contributed by atoms with Crippen molar-refractivity contribution in [3.63, 3.8) is 0 Å². The van der Waals surface area contributed by atoms with Crippen LogP contribution >= 0.6 is 0 Å². The Kier molecular flexibility index (Phi) is 3.53. The zero-order valence-electron chi connectivity index (χ0n) is 14.6. The van der Waals surface area contributed by atoms with Gasteiger partial charge in [0, 0.05) is 17.8 Å². The molecule has 132 valence electrons. The average Bonchev–Trinajstić information content (AvgIpc) is 3.42. The van der Waals surface area contributed by atoms with E-state index in [1.165, 1.54) is 5.56 Å². The normalized spacial score (nSPS) is 11.3. The Morgan fingerprint density at radius 3 is 2.56 bits per heavy atom. The lowest BCUT2D eigenvalue weighted by atomic mass is 9.98. The summed E-state index contributed by atoms with van der Waals surface area (Å²) < 4.78 is 3.87. The van der Waals surface area contributed by atoms with E-state index < -0.39 is 0 Å². The van der Waals surface area contributed by atoms with Crippen molar-refractivity contribution in [2.24, 2.45) is 0 Å². The number of aryl methyl sites for hydroxylation is 1. The molecule has 8 nitrogen and oxygen atoms in total. The SMILES string of the molecule is Cc1nc2ccn(Cc3ccc(-c4ccccc4-c4nn[nH]n4)cc3)n2n1. The number of tetrazole rings is 1. The number of nitrogens with one attached hydrogen (secondary N) is 1. The molecule has 0 aliphatic heterocycles. The van der Waals surface area contributed by atoms with Crippen LogP contribution in [0.4, 0.5) is 0 Å². The number of rotatable bonds is 4. The first-order valence-electron chi connectivity index (χ1n) is 8.59. The number of aromatic nitrogens is 8. The van der Waals surface area contributed by atoms with Crippen molar-refractivity contribution in [2.75, 3.05) is 0 Å². The summed E-state index contributed by atoms with van der Waals surface area (Å²) in [6.07, 6.45) is 1.99. The van der Waals surface area contributed by atoms with Gasteiger partial charge in [-0.15, -0.1) is 15.3 Å². The maximum Gasteiger partial charge on any atom is 0.205 e. The molecular formula is C19H16N8. The second-order valence-corrected chi connectivity index (χ2v) is 6.30. The predicted octanol–water partition coefficient (Wildman–Crippen LogP) is 2.73. The van der Waals surface area contributed by atoms with Gasteiger partial charge in [0.1, 0.15) is 5.82 Å². The van der Waals surface area contributed by atoms with Crippen LogP contribution in [-0.2, 0) is 6.54 Å². The highest BCUT2D eigenvalue weighted by Gasteiger charge is 2.11. The van der Waals surface area contributed by atoms with Crippen LogP contribution < -0.4 is 0 Å².